The predicted octanol–water partition coefficient (Wildman–Crippen LogP) is 3.35. The molecule has 1 heterocycles. The molecule has 10 heteroatoms. The summed E-state index contributed by atoms with van der Waals surface area (Å²) in [5, 5.41) is 2.77. The molecule has 206 valence electrons. The quantitative estimate of drug-likeness (QED) is 0.429. The minimum Gasteiger partial charge on any atom is -0.497 e. The van der Waals surface area contributed by atoms with Crippen molar-refractivity contribution in [1.82, 2.24) is 5.32 Å². The van der Waals surface area contributed by atoms with Crippen LogP contribution in [0.5, 0.6) is 5.75 Å². The van der Waals surface area contributed by atoms with Gasteiger partial charge in [0.25, 0.3) is 5.91 Å². The minimum absolute atomic E-state index is 0.0398. The molecule has 1 saturated carbocycles. The molecule has 1 aliphatic heterocycles. The lowest BCUT2D eigenvalue weighted by atomic mass is 9.93. The first-order chi connectivity index (χ1) is 19.2. The van der Waals surface area contributed by atoms with Crippen molar-refractivity contribution in [3.05, 3.63) is 95.1 Å². The van der Waals surface area contributed by atoms with Crippen LogP contribution in [0, 0.1) is 23.5 Å². The Morgan fingerprint density at radius 3 is 2.45 bits per heavy atom. The van der Waals surface area contributed by atoms with Crippen molar-refractivity contribution in [2.75, 3.05) is 18.6 Å². The van der Waals surface area contributed by atoms with Gasteiger partial charge in [-0.15, -0.1) is 0 Å². The number of hydrogen-bond donors (Lipinski definition) is 2. The maximum absolute atomic E-state index is 13.9. The van der Waals surface area contributed by atoms with Gasteiger partial charge in [-0.3, -0.25) is 19.3 Å². The van der Waals surface area contributed by atoms with Gasteiger partial charge in [0.1, 0.15) is 12.3 Å². The third-order valence-electron chi connectivity index (χ3n) is 7.13. The number of halogens is 2. The van der Waals surface area contributed by atoms with E-state index < -0.39 is 48.0 Å². The predicted molar refractivity (Wildman–Crippen MR) is 145 cm³/mol. The zero-order valence-corrected chi connectivity index (χ0v) is 21.8. The number of nitrogens with zero attached hydrogens (tertiary/aromatic N) is 2. The second-order valence-corrected chi connectivity index (χ2v) is 9.92. The first-order valence-corrected chi connectivity index (χ1v) is 12.9. The van der Waals surface area contributed by atoms with Crippen LogP contribution in [0.4, 0.5) is 14.5 Å². The molecule has 2 atom stereocenters. The standard InChI is InChI=1S/C30H28F2N4O4/c1-40-20-11-9-19(10-12-20)27-21-4-2-3-5-25(21)36(16-26(33)37)30(39)28(34-27)35-29(38)22(18-7-8-18)14-17-6-13-23(31)24(32)15-17/h2-6,9-13,15,18,22,28H,7-8,14,16H2,1H3,(H2,33,37)(H,35,38)/t22-,28?/m1/s1. The van der Waals surface area contributed by atoms with Crippen molar-refractivity contribution in [3.63, 3.8) is 0 Å². The van der Waals surface area contributed by atoms with E-state index in [0.717, 1.165) is 25.0 Å². The number of ether oxygens (including phenoxy) is 1. The Morgan fingerprint density at radius 1 is 1.07 bits per heavy atom. The van der Waals surface area contributed by atoms with Gasteiger partial charge in [0.2, 0.25) is 18.0 Å². The van der Waals surface area contributed by atoms with Crippen molar-refractivity contribution in [3.8, 4) is 5.75 Å². The third kappa shape index (κ3) is 5.70. The van der Waals surface area contributed by atoms with Crippen LogP contribution in [-0.4, -0.2) is 43.3 Å². The molecule has 1 unspecified atom stereocenters. The maximum Gasteiger partial charge on any atom is 0.272 e. The Hall–Kier alpha value is -4.60. The maximum atomic E-state index is 13.9. The van der Waals surface area contributed by atoms with Crippen LogP contribution in [0.25, 0.3) is 0 Å². The monoisotopic (exact) mass is 546 g/mol. The Morgan fingerprint density at radius 2 is 1.80 bits per heavy atom. The molecule has 3 amide bonds. The van der Waals surface area contributed by atoms with Crippen molar-refractivity contribution in [2.45, 2.75) is 25.4 Å². The fourth-order valence-electron chi connectivity index (χ4n) is 4.96. The van der Waals surface area contributed by atoms with Crippen molar-refractivity contribution < 1.29 is 27.9 Å². The summed E-state index contributed by atoms with van der Waals surface area (Å²) >= 11 is 0. The number of methoxy groups -OCH3 is 1. The van der Waals surface area contributed by atoms with Gasteiger partial charge in [-0.05, 0) is 73.2 Å². The van der Waals surface area contributed by atoms with E-state index in [4.69, 9.17) is 15.5 Å². The minimum atomic E-state index is -1.36. The van der Waals surface area contributed by atoms with E-state index in [1.807, 2.05) is 0 Å². The summed E-state index contributed by atoms with van der Waals surface area (Å²) in [7, 11) is 1.55. The molecule has 0 bridgehead atoms. The number of anilines is 1. The first-order valence-electron chi connectivity index (χ1n) is 12.9. The van der Waals surface area contributed by atoms with Gasteiger partial charge in [0, 0.05) is 17.0 Å². The Kier molecular flexibility index (Phi) is 7.59. The van der Waals surface area contributed by atoms with E-state index in [9.17, 15) is 23.2 Å². The SMILES string of the molecule is COc1ccc(C2=NC(NC(=O)[C@H](Cc3ccc(F)c(F)c3)C3CC3)C(=O)N(CC(N)=O)c3ccccc32)cc1. The number of rotatable bonds is 9. The topological polar surface area (TPSA) is 114 Å². The van der Waals surface area contributed by atoms with Crippen molar-refractivity contribution in [1.29, 1.82) is 0 Å². The number of primary amides is 1. The van der Waals surface area contributed by atoms with E-state index >= 15 is 0 Å². The normalized spacial score (nSPS) is 17.4. The van der Waals surface area contributed by atoms with Gasteiger partial charge >= 0.3 is 0 Å². The molecule has 40 heavy (non-hydrogen) atoms. The molecule has 8 nitrogen and oxygen atoms in total. The second kappa shape index (κ2) is 11.3. The lowest BCUT2D eigenvalue weighted by Gasteiger charge is -2.25. The molecule has 0 radical (unpaired) electrons. The number of aliphatic imine (C=N–C) groups is 1. The molecule has 3 aromatic carbocycles. The smallest absolute Gasteiger partial charge is 0.272 e. The Labute approximate surface area is 229 Å². The van der Waals surface area contributed by atoms with Crippen LogP contribution in [-0.2, 0) is 20.8 Å². The summed E-state index contributed by atoms with van der Waals surface area (Å²) in [4.78, 5) is 45.3. The number of benzodiazepines with no additional fused rings is 1. The molecule has 0 aromatic heterocycles. The zero-order chi connectivity index (χ0) is 28.4. The highest BCUT2D eigenvalue weighted by molar-refractivity contribution is 6.21. The molecule has 0 spiro atoms. The summed E-state index contributed by atoms with van der Waals surface area (Å²) in [6.07, 6.45) is 0.428. The molecule has 1 aliphatic carbocycles. The fourth-order valence-corrected chi connectivity index (χ4v) is 4.96. The summed E-state index contributed by atoms with van der Waals surface area (Å²) in [6.45, 7) is -0.408. The van der Waals surface area contributed by atoms with Crippen LogP contribution >= 0.6 is 0 Å². The zero-order valence-electron chi connectivity index (χ0n) is 21.8. The van der Waals surface area contributed by atoms with Gasteiger partial charge in [-0.25, -0.2) is 13.8 Å². The molecule has 1 fully saturated rings. The van der Waals surface area contributed by atoms with E-state index in [2.05, 4.69) is 5.32 Å². The number of benzene rings is 3. The number of nitrogens with two attached hydrogens (primary N) is 1. The molecular formula is C30H28F2N4O4. The molecular weight excluding hydrogens is 518 g/mol. The number of carbonyl (C=O) groups is 3. The van der Waals surface area contributed by atoms with Gasteiger partial charge < -0.3 is 15.8 Å². The summed E-state index contributed by atoms with van der Waals surface area (Å²) < 4.78 is 32.6. The van der Waals surface area contributed by atoms with E-state index in [-0.39, 0.29) is 12.3 Å². The lowest BCUT2D eigenvalue weighted by Crippen LogP contribution is -2.51. The highest BCUT2D eigenvalue weighted by Crippen LogP contribution is 2.39. The van der Waals surface area contributed by atoms with Crippen molar-refractivity contribution >= 4 is 29.1 Å². The molecule has 2 aliphatic rings. The average molecular weight is 547 g/mol. The number of hydrogen-bond acceptors (Lipinski definition) is 5. The molecule has 5 rings (SSSR count). The van der Waals surface area contributed by atoms with Crippen molar-refractivity contribution in [2.24, 2.45) is 22.6 Å². The average Bonchev–Trinajstić information content (AvgIpc) is 3.80. The van der Waals surface area contributed by atoms with Gasteiger partial charge in [0.05, 0.1) is 18.5 Å². The second-order valence-electron chi connectivity index (χ2n) is 9.92. The van der Waals surface area contributed by atoms with Crippen LogP contribution in [0.2, 0.25) is 0 Å². The van der Waals surface area contributed by atoms with E-state index in [1.54, 1.807) is 55.6 Å². The lowest BCUT2D eigenvalue weighted by molar-refractivity contribution is -0.130. The van der Waals surface area contributed by atoms with E-state index in [1.165, 1.54) is 11.0 Å². The van der Waals surface area contributed by atoms with Crippen LogP contribution in [0.15, 0.2) is 71.7 Å². The highest BCUT2D eigenvalue weighted by atomic mass is 19.2. The molecule has 3 aromatic rings. The molecule has 0 saturated heterocycles. The number of amides is 3. The summed E-state index contributed by atoms with van der Waals surface area (Å²) in [6, 6.07) is 17.6. The first kappa shape index (κ1) is 27.0. The van der Waals surface area contributed by atoms with Crippen LogP contribution in [0.3, 0.4) is 0 Å². The van der Waals surface area contributed by atoms with Gasteiger partial charge in [0.15, 0.2) is 11.6 Å². The summed E-state index contributed by atoms with van der Waals surface area (Å²) in [5.74, 6) is -3.64. The van der Waals surface area contributed by atoms with Crippen LogP contribution < -0.4 is 20.7 Å². The Bertz CT molecular complexity index is 1490. The number of nitrogens with one attached hydrogen (secondary N) is 1. The third-order valence-corrected chi connectivity index (χ3v) is 7.13. The van der Waals surface area contributed by atoms with Gasteiger partial charge in [-0.1, -0.05) is 24.3 Å². The largest absolute Gasteiger partial charge is 0.497 e. The highest BCUT2D eigenvalue weighted by Gasteiger charge is 2.39. The Balaban J connectivity index is 1.52. The molecule has 3 N–H and O–H groups in total. The number of carbonyl (C=O) groups excluding carboxylic acids is 3. The van der Waals surface area contributed by atoms with Gasteiger partial charge in [-0.2, -0.15) is 0 Å². The fraction of sp³-hybridized carbons (Fsp3) is 0.267. The van der Waals surface area contributed by atoms with Crippen LogP contribution in [0.1, 0.15) is 29.5 Å². The van der Waals surface area contributed by atoms with E-state index in [0.29, 0.717) is 33.8 Å². The number of fused-ring (bicyclic) bond motifs is 1. The number of para-hydroxylation sites is 1. The summed E-state index contributed by atoms with van der Waals surface area (Å²) in [5.41, 5.74) is 8.09.